The Morgan fingerprint density at radius 1 is 1.47 bits per heavy atom. The quantitative estimate of drug-likeness (QED) is 0.367. The van der Waals surface area contributed by atoms with Crippen molar-refractivity contribution in [3.63, 3.8) is 0 Å². The van der Waals surface area contributed by atoms with E-state index in [0.717, 1.165) is 6.08 Å². The Kier molecular flexibility index (Phi) is 5.50. The van der Waals surface area contributed by atoms with Crippen molar-refractivity contribution in [3.05, 3.63) is 36.2 Å². The van der Waals surface area contributed by atoms with Crippen LogP contribution in [0.3, 0.4) is 0 Å². The van der Waals surface area contributed by atoms with Crippen molar-refractivity contribution in [2.45, 2.75) is 0 Å². The Hall–Kier alpha value is -2.94. The van der Waals surface area contributed by atoms with E-state index in [-0.39, 0.29) is 6.54 Å². The van der Waals surface area contributed by atoms with Gasteiger partial charge in [0.05, 0.1) is 12.2 Å². The highest BCUT2D eigenvalue weighted by atomic mass is 16.2. The van der Waals surface area contributed by atoms with Gasteiger partial charge in [-0.2, -0.15) is 0 Å². The van der Waals surface area contributed by atoms with Crippen molar-refractivity contribution < 1.29 is 14.4 Å². The van der Waals surface area contributed by atoms with Crippen LogP contribution in [0, 0.1) is 12.5 Å². The van der Waals surface area contributed by atoms with Gasteiger partial charge in [-0.3, -0.25) is 20.0 Å². The number of amides is 3. The van der Waals surface area contributed by atoms with E-state index in [2.05, 4.69) is 4.98 Å². The van der Waals surface area contributed by atoms with E-state index in [0.29, 0.717) is 16.9 Å². The van der Waals surface area contributed by atoms with Gasteiger partial charge < -0.3 is 4.79 Å². The third-order valence-electron chi connectivity index (χ3n) is 2.03. The summed E-state index contributed by atoms with van der Waals surface area (Å²) in [5, 5.41) is 2.00. The normalized spacial score (nSPS) is 9.63. The first-order valence-corrected chi connectivity index (χ1v) is 5.29. The highest BCUT2D eigenvalue weighted by molar-refractivity contribution is 6.03. The summed E-state index contributed by atoms with van der Waals surface area (Å²) in [4.78, 5) is 38.3. The first kappa shape index (κ1) is 14.1. The van der Waals surface area contributed by atoms with Crippen LogP contribution in [-0.4, -0.2) is 34.7 Å². The molecule has 1 rings (SSSR count). The van der Waals surface area contributed by atoms with E-state index < -0.39 is 11.9 Å². The summed E-state index contributed by atoms with van der Waals surface area (Å²) in [7, 11) is 0. The summed E-state index contributed by atoms with van der Waals surface area (Å²) in [6.45, 7) is -0.376. The molecular formula is C13H11N3O3. The summed E-state index contributed by atoms with van der Waals surface area (Å²) in [6, 6.07) is 6.24. The van der Waals surface area contributed by atoms with Crippen LogP contribution >= 0.6 is 0 Å². The maximum Gasteiger partial charge on any atom is 0.336 e. The largest absolute Gasteiger partial charge is 0.336 e. The number of urea groups is 1. The lowest BCUT2D eigenvalue weighted by Crippen LogP contribution is -2.42. The summed E-state index contributed by atoms with van der Waals surface area (Å²) in [5.41, 5.74) is 0.555. The maximum atomic E-state index is 11.7. The van der Waals surface area contributed by atoms with E-state index in [1.54, 1.807) is 24.4 Å². The molecule has 1 aromatic heterocycles. The SMILES string of the molecule is C#CNC(=O)N(CC=O)C(=O)C=Cc1ccccn1. The van der Waals surface area contributed by atoms with Gasteiger partial charge in [-0.1, -0.05) is 12.5 Å². The van der Waals surface area contributed by atoms with Crippen LogP contribution in [-0.2, 0) is 9.59 Å². The second-order valence-electron chi connectivity index (χ2n) is 3.28. The summed E-state index contributed by atoms with van der Waals surface area (Å²) >= 11 is 0. The molecule has 0 aliphatic rings. The van der Waals surface area contributed by atoms with Gasteiger partial charge in [-0.25, -0.2) is 4.79 Å². The third-order valence-corrected chi connectivity index (χ3v) is 2.03. The Bertz CT molecular complexity index is 532. The number of nitrogens with one attached hydrogen (secondary N) is 1. The predicted molar refractivity (Wildman–Crippen MR) is 68.4 cm³/mol. The summed E-state index contributed by atoms with van der Waals surface area (Å²) in [6.07, 6.45) is 9.47. The van der Waals surface area contributed by atoms with Crippen molar-refractivity contribution in [1.82, 2.24) is 15.2 Å². The number of hydrogen-bond acceptors (Lipinski definition) is 4. The molecule has 96 valence electrons. The average Bonchev–Trinajstić information content (AvgIpc) is 2.43. The zero-order valence-electron chi connectivity index (χ0n) is 9.95. The fraction of sp³-hybridized carbons (Fsp3) is 0.0769. The number of pyridine rings is 1. The summed E-state index contributed by atoms with van der Waals surface area (Å²) in [5.74, 6) is -0.662. The first-order chi connectivity index (χ1) is 9.19. The average molecular weight is 257 g/mol. The Labute approximate surface area is 110 Å². The van der Waals surface area contributed by atoms with Crippen LogP contribution < -0.4 is 5.32 Å². The molecule has 0 saturated heterocycles. The highest BCUT2D eigenvalue weighted by Crippen LogP contribution is 1.99. The molecule has 6 nitrogen and oxygen atoms in total. The second kappa shape index (κ2) is 7.40. The van der Waals surface area contributed by atoms with Gasteiger partial charge in [0.15, 0.2) is 0 Å². The van der Waals surface area contributed by atoms with Gasteiger partial charge in [0, 0.05) is 18.3 Å². The Morgan fingerprint density at radius 2 is 2.26 bits per heavy atom. The van der Waals surface area contributed by atoms with Gasteiger partial charge in [0.2, 0.25) is 0 Å². The molecule has 1 heterocycles. The van der Waals surface area contributed by atoms with Crippen LogP contribution in [0.4, 0.5) is 4.79 Å². The van der Waals surface area contributed by atoms with E-state index in [1.807, 2.05) is 11.4 Å². The van der Waals surface area contributed by atoms with E-state index in [9.17, 15) is 14.4 Å². The fourth-order valence-corrected chi connectivity index (χ4v) is 1.20. The monoisotopic (exact) mass is 257 g/mol. The zero-order chi connectivity index (χ0) is 14.1. The molecule has 0 saturated carbocycles. The molecule has 0 fully saturated rings. The molecule has 0 spiro atoms. The number of nitrogens with zero attached hydrogens (tertiary/aromatic N) is 2. The molecule has 6 heteroatoms. The number of rotatable bonds is 4. The highest BCUT2D eigenvalue weighted by Gasteiger charge is 2.17. The third kappa shape index (κ3) is 4.44. The minimum Gasteiger partial charge on any atom is -0.301 e. The number of carbonyl (C=O) groups excluding carboxylic acids is 3. The molecule has 0 unspecified atom stereocenters. The predicted octanol–water partition coefficient (Wildman–Crippen LogP) is 0.423. The van der Waals surface area contributed by atoms with Crippen molar-refractivity contribution in [2.75, 3.05) is 6.54 Å². The van der Waals surface area contributed by atoms with Crippen molar-refractivity contribution >= 4 is 24.3 Å². The lowest BCUT2D eigenvalue weighted by Gasteiger charge is -2.14. The van der Waals surface area contributed by atoms with Crippen LogP contribution in [0.15, 0.2) is 30.5 Å². The lowest BCUT2D eigenvalue weighted by molar-refractivity contribution is -0.125. The Balaban J connectivity index is 2.78. The molecule has 3 amide bonds. The molecular weight excluding hydrogens is 246 g/mol. The van der Waals surface area contributed by atoms with Gasteiger partial charge in [0.25, 0.3) is 5.91 Å². The number of hydrogen-bond donors (Lipinski definition) is 1. The lowest BCUT2D eigenvalue weighted by atomic mass is 10.3. The van der Waals surface area contributed by atoms with Crippen molar-refractivity contribution in [2.24, 2.45) is 0 Å². The van der Waals surface area contributed by atoms with Gasteiger partial charge in [-0.05, 0) is 18.2 Å². The minimum absolute atomic E-state index is 0.376. The Morgan fingerprint density at radius 3 is 2.84 bits per heavy atom. The number of aldehydes is 1. The minimum atomic E-state index is -0.828. The molecule has 0 aliphatic carbocycles. The summed E-state index contributed by atoms with van der Waals surface area (Å²) < 4.78 is 0. The first-order valence-electron chi connectivity index (χ1n) is 5.29. The second-order valence-corrected chi connectivity index (χ2v) is 3.28. The number of imide groups is 1. The van der Waals surface area contributed by atoms with E-state index in [1.165, 1.54) is 6.08 Å². The topological polar surface area (TPSA) is 79.4 Å². The smallest absolute Gasteiger partial charge is 0.301 e. The molecule has 0 radical (unpaired) electrons. The molecule has 0 aromatic carbocycles. The molecule has 1 N–H and O–H groups in total. The zero-order valence-corrected chi connectivity index (χ0v) is 9.95. The van der Waals surface area contributed by atoms with E-state index in [4.69, 9.17) is 6.42 Å². The number of aromatic nitrogens is 1. The number of terminal acetylenes is 1. The van der Waals surface area contributed by atoms with Crippen molar-refractivity contribution in [3.8, 4) is 12.5 Å². The van der Waals surface area contributed by atoms with Crippen LogP contribution in [0.25, 0.3) is 6.08 Å². The molecule has 0 bridgehead atoms. The fourth-order valence-electron chi connectivity index (χ4n) is 1.20. The van der Waals surface area contributed by atoms with Crippen LogP contribution in [0.1, 0.15) is 5.69 Å². The van der Waals surface area contributed by atoms with Crippen LogP contribution in [0.2, 0.25) is 0 Å². The van der Waals surface area contributed by atoms with Crippen molar-refractivity contribution in [1.29, 1.82) is 0 Å². The van der Waals surface area contributed by atoms with Gasteiger partial charge in [0.1, 0.15) is 6.29 Å². The molecule has 0 aliphatic heterocycles. The molecule has 1 aromatic rings. The van der Waals surface area contributed by atoms with E-state index >= 15 is 0 Å². The standard InChI is InChI=1S/C13H11N3O3/c1-2-14-13(19)16(9-10-17)12(18)7-6-11-5-3-4-8-15-11/h1,3-8,10H,9H2,(H,14,19). The maximum absolute atomic E-state index is 11.7. The number of carbonyl (C=O) groups is 3. The van der Waals surface area contributed by atoms with Gasteiger partial charge in [-0.15, -0.1) is 0 Å². The molecule has 19 heavy (non-hydrogen) atoms. The molecule has 0 atom stereocenters. The van der Waals surface area contributed by atoms with Gasteiger partial charge >= 0.3 is 6.03 Å². The van der Waals surface area contributed by atoms with Crippen LogP contribution in [0.5, 0.6) is 0 Å².